The van der Waals surface area contributed by atoms with E-state index < -0.39 is 11.9 Å². The van der Waals surface area contributed by atoms with Crippen molar-refractivity contribution in [1.29, 1.82) is 0 Å². The third-order valence-corrected chi connectivity index (χ3v) is 5.56. The zero-order chi connectivity index (χ0) is 22.7. The predicted molar refractivity (Wildman–Crippen MR) is 113 cm³/mol. The first-order valence-corrected chi connectivity index (χ1v) is 10.4. The summed E-state index contributed by atoms with van der Waals surface area (Å²) in [6.45, 7) is 1.02. The fourth-order valence-corrected chi connectivity index (χ4v) is 3.99. The van der Waals surface area contributed by atoms with Crippen LogP contribution in [0.4, 0.5) is 4.39 Å². The summed E-state index contributed by atoms with van der Waals surface area (Å²) in [7, 11) is 1.31. The largest absolute Gasteiger partial charge is 0.467 e. The van der Waals surface area contributed by atoms with Gasteiger partial charge in [0.05, 0.1) is 25.4 Å². The van der Waals surface area contributed by atoms with Gasteiger partial charge in [0.25, 0.3) is 5.91 Å². The summed E-state index contributed by atoms with van der Waals surface area (Å²) < 4.78 is 25.3. The normalized spacial score (nSPS) is 13.5. The van der Waals surface area contributed by atoms with Gasteiger partial charge in [-0.1, -0.05) is 12.1 Å². The molecule has 0 saturated carbocycles. The number of carbonyl (C=O) groups is 2. The maximum atomic E-state index is 13.3. The van der Waals surface area contributed by atoms with Crippen LogP contribution in [0.15, 0.2) is 36.7 Å². The van der Waals surface area contributed by atoms with Crippen LogP contribution in [0.1, 0.15) is 33.6 Å². The second-order valence-corrected chi connectivity index (χ2v) is 7.66. The highest BCUT2D eigenvalue weighted by atomic mass is 19.1. The van der Waals surface area contributed by atoms with E-state index in [1.54, 1.807) is 18.3 Å². The van der Waals surface area contributed by atoms with Gasteiger partial charge in [0.2, 0.25) is 0 Å². The molecular formula is C23H24FN3O5. The van der Waals surface area contributed by atoms with Gasteiger partial charge in [0.1, 0.15) is 18.1 Å². The molecule has 0 fully saturated rings. The lowest BCUT2D eigenvalue weighted by molar-refractivity contribution is -0.145. The quantitative estimate of drug-likeness (QED) is 0.328. The first-order chi connectivity index (χ1) is 15.5. The highest BCUT2D eigenvalue weighted by Gasteiger charge is 2.28. The molecule has 0 aliphatic carbocycles. The summed E-state index contributed by atoms with van der Waals surface area (Å²) >= 11 is 0. The van der Waals surface area contributed by atoms with Crippen molar-refractivity contribution in [2.24, 2.45) is 0 Å². The van der Waals surface area contributed by atoms with Crippen LogP contribution in [0.5, 0.6) is 0 Å². The number of halogens is 1. The van der Waals surface area contributed by atoms with E-state index in [0.717, 1.165) is 27.6 Å². The Morgan fingerprint density at radius 1 is 1.28 bits per heavy atom. The molecule has 0 radical (unpaired) electrons. The summed E-state index contributed by atoms with van der Waals surface area (Å²) in [5.74, 6) is -1.22. The minimum atomic E-state index is -0.508. The van der Waals surface area contributed by atoms with E-state index in [2.05, 4.69) is 9.72 Å². The Bertz CT molecular complexity index is 1140. The number of amides is 1. The molecule has 0 bridgehead atoms. The van der Waals surface area contributed by atoms with E-state index >= 15 is 0 Å². The third kappa shape index (κ3) is 4.49. The van der Waals surface area contributed by atoms with Crippen molar-refractivity contribution in [3.8, 4) is 0 Å². The van der Waals surface area contributed by atoms with Crippen LogP contribution in [0, 0.1) is 5.82 Å². The van der Waals surface area contributed by atoms with Crippen molar-refractivity contribution < 1.29 is 28.7 Å². The topological polar surface area (TPSA) is 93.9 Å². The zero-order valence-electron chi connectivity index (χ0n) is 17.7. The zero-order valence-corrected chi connectivity index (χ0v) is 17.7. The Hall–Kier alpha value is -3.30. The van der Waals surface area contributed by atoms with Gasteiger partial charge in [-0.15, -0.1) is 0 Å². The monoisotopic (exact) mass is 441 g/mol. The van der Waals surface area contributed by atoms with Crippen LogP contribution in [-0.4, -0.2) is 58.6 Å². The maximum absolute atomic E-state index is 13.3. The van der Waals surface area contributed by atoms with Gasteiger partial charge in [-0.25, -0.2) is 19.2 Å². The van der Waals surface area contributed by atoms with E-state index in [1.165, 1.54) is 19.2 Å². The molecule has 8 nitrogen and oxygen atoms in total. The van der Waals surface area contributed by atoms with Crippen LogP contribution in [0.2, 0.25) is 0 Å². The fraction of sp³-hybridized carbons (Fsp3) is 0.348. The highest BCUT2D eigenvalue weighted by Crippen LogP contribution is 2.31. The van der Waals surface area contributed by atoms with Crippen LogP contribution in [0.25, 0.3) is 10.9 Å². The number of methoxy groups -OCH3 is 1. The Balaban J connectivity index is 1.64. The molecule has 3 aromatic rings. The lowest BCUT2D eigenvalue weighted by Crippen LogP contribution is -2.35. The number of aryl methyl sites for hydroxylation is 1. The first kappa shape index (κ1) is 21.9. The number of esters is 1. The lowest BCUT2D eigenvalue weighted by Gasteiger charge is -2.23. The van der Waals surface area contributed by atoms with E-state index in [1.807, 2.05) is 10.8 Å². The maximum Gasteiger partial charge on any atom is 0.331 e. The number of carbonyl (C=O) groups excluding carboxylic acids is 2. The number of hydrogen-bond donors (Lipinski definition) is 1. The van der Waals surface area contributed by atoms with Crippen LogP contribution >= 0.6 is 0 Å². The second-order valence-electron chi connectivity index (χ2n) is 7.66. The number of nitrogens with zero attached hydrogens (tertiary/aromatic N) is 3. The molecule has 0 saturated heterocycles. The van der Waals surface area contributed by atoms with Crippen molar-refractivity contribution in [1.82, 2.24) is 14.6 Å². The molecule has 0 spiro atoms. The lowest BCUT2D eigenvalue weighted by atomic mass is 9.97. The Morgan fingerprint density at radius 3 is 2.81 bits per heavy atom. The van der Waals surface area contributed by atoms with Gasteiger partial charge in [-0.2, -0.15) is 0 Å². The van der Waals surface area contributed by atoms with E-state index in [0.29, 0.717) is 37.5 Å². The number of pyridine rings is 1. The molecule has 1 N–H and O–H groups in total. The molecule has 0 atom stereocenters. The van der Waals surface area contributed by atoms with Crippen LogP contribution < -0.4 is 0 Å². The average Bonchev–Trinajstić information content (AvgIpc) is 3.15. The predicted octanol–water partition coefficient (Wildman–Crippen LogP) is 2.73. The van der Waals surface area contributed by atoms with Gasteiger partial charge in [0.15, 0.2) is 0 Å². The molecule has 2 aromatic heterocycles. The minimum Gasteiger partial charge on any atom is -0.467 e. The van der Waals surface area contributed by atoms with Crippen molar-refractivity contribution in [2.45, 2.75) is 25.8 Å². The van der Waals surface area contributed by atoms with Gasteiger partial charge in [-0.05, 0) is 48.1 Å². The van der Waals surface area contributed by atoms with E-state index in [4.69, 9.17) is 4.74 Å². The summed E-state index contributed by atoms with van der Waals surface area (Å²) in [5.41, 5.74) is 3.92. The molecule has 3 heterocycles. The van der Waals surface area contributed by atoms with Crippen molar-refractivity contribution in [3.63, 3.8) is 0 Å². The van der Waals surface area contributed by atoms with Crippen molar-refractivity contribution in [2.75, 3.05) is 26.9 Å². The molecule has 1 aliphatic rings. The number of hydroxylamine groups is 2. The van der Waals surface area contributed by atoms with Gasteiger partial charge in [0, 0.05) is 24.7 Å². The molecule has 1 aliphatic heterocycles. The molecule has 32 heavy (non-hydrogen) atoms. The number of benzene rings is 1. The Kier molecular flexibility index (Phi) is 6.48. The summed E-state index contributed by atoms with van der Waals surface area (Å²) in [6.07, 6.45) is 5.50. The number of rotatable bonds is 8. The SMILES string of the molecule is COC(=O)COCCCc1cn(Cc2ccc(F)cc2)c2cnc3c(c12)CCN(O)C3=O. The molecule has 1 aromatic carbocycles. The van der Waals surface area contributed by atoms with Crippen molar-refractivity contribution >= 4 is 22.8 Å². The number of fused-ring (bicyclic) bond motifs is 3. The Morgan fingerprint density at radius 2 is 2.06 bits per heavy atom. The van der Waals surface area contributed by atoms with E-state index in [-0.39, 0.29) is 24.7 Å². The van der Waals surface area contributed by atoms with Crippen molar-refractivity contribution in [3.05, 3.63) is 64.9 Å². The second kappa shape index (κ2) is 9.46. The number of ether oxygens (including phenoxy) is 2. The molecule has 168 valence electrons. The molecule has 9 heteroatoms. The van der Waals surface area contributed by atoms with Gasteiger partial charge in [-0.3, -0.25) is 10.0 Å². The highest BCUT2D eigenvalue weighted by molar-refractivity contribution is 6.00. The van der Waals surface area contributed by atoms with E-state index in [9.17, 15) is 19.2 Å². The molecule has 4 rings (SSSR count). The molecule has 0 unspecified atom stereocenters. The van der Waals surface area contributed by atoms with Crippen LogP contribution in [-0.2, 0) is 33.7 Å². The first-order valence-electron chi connectivity index (χ1n) is 10.4. The van der Waals surface area contributed by atoms with Gasteiger partial charge >= 0.3 is 5.97 Å². The smallest absolute Gasteiger partial charge is 0.331 e. The molecule has 1 amide bonds. The standard InChI is InChI=1S/C23H24FN3O5/c1-31-20(28)14-32-10-2-3-16-13-26(12-15-4-6-17(24)7-5-15)19-11-25-22-18(21(16)19)8-9-27(30)23(22)29/h4-7,11,13,30H,2-3,8-10,12,14H2,1H3. The number of aromatic nitrogens is 2. The van der Waals surface area contributed by atoms with Crippen LogP contribution in [0.3, 0.4) is 0 Å². The summed E-state index contributed by atoms with van der Waals surface area (Å²) in [4.78, 5) is 27.9. The van der Waals surface area contributed by atoms with Gasteiger partial charge < -0.3 is 14.0 Å². The minimum absolute atomic E-state index is 0.0943. The average molecular weight is 441 g/mol. The molecular weight excluding hydrogens is 417 g/mol. The summed E-state index contributed by atoms with van der Waals surface area (Å²) in [6, 6.07) is 6.32. The fourth-order valence-electron chi connectivity index (χ4n) is 3.99. The third-order valence-electron chi connectivity index (χ3n) is 5.56. The Labute approximate surface area is 184 Å². The number of hydrogen-bond acceptors (Lipinski definition) is 6. The summed E-state index contributed by atoms with van der Waals surface area (Å²) in [5, 5.41) is 11.4.